The van der Waals surface area contributed by atoms with Gasteiger partial charge in [0.05, 0.1) is 11.2 Å². The Morgan fingerprint density at radius 1 is 1.03 bits per heavy atom. The highest BCUT2D eigenvalue weighted by atomic mass is 16.7. The average Bonchev–Trinajstić information content (AvgIpc) is 2.86. The smallest absolute Gasteiger partial charge is 0.409 e. The summed E-state index contributed by atoms with van der Waals surface area (Å²) in [5.41, 5.74) is 2.84. The molecule has 1 saturated heterocycles. The van der Waals surface area contributed by atoms with E-state index < -0.39 is 24.1 Å². The van der Waals surface area contributed by atoms with Gasteiger partial charge in [0.15, 0.2) is 0 Å². The normalized spacial score (nSPS) is 19.3. The molecule has 0 spiro atoms. The second-order valence-electron chi connectivity index (χ2n) is 9.27. The van der Waals surface area contributed by atoms with Crippen molar-refractivity contribution in [1.29, 1.82) is 0 Å². The summed E-state index contributed by atoms with van der Waals surface area (Å²) in [5, 5.41) is 12.1. The molecule has 1 N–H and O–H groups in total. The summed E-state index contributed by atoms with van der Waals surface area (Å²) < 4.78 is 18.7. The fourth-order valence-electron chi connectivity index (χ4n) is 3.73. The summed E-state index contributed by atoms with van der Waals surface area (Å²) in [7, 11) is -0.319. The van der Waals surface area contributed by atoms with Crippen molar-refractivity contribution in [2.24, 2.45) is 0 Å². The summed E-state index contributed by atoms with van der Waals surface area (Å²) in [6.45, 7) is 23.4. The van der Waals surface area contributed by atoms with Crippen LogP contribution >= 0.6 is 0 Å². The van der Waals surface area contributed by atoms with E-state index in [4.69, 9.17) is 14.0 Å². The minimum absolute atomic E-state index is 0.233. The minimum atomic E-state index is -1.25. The second kappa shape index (κ2) is 9.33. The Morgan fingerprint density at radius 3 is 2.03 bits per heavy atom. The van der Waals surface area contributed by atoms with Crippen molar-refractivity contribution in [2.75, 3.05) is 0 Å². The van der Waals surface area contributed by atoms with Crippen LogP contribution in [0.3, 0.4) is 0 Å². The number of allylic oxidation sites excluding steroid dienone is 2. The summed E-state index contributed by atoms with van der Waals surface area (Å²) in [6, 6.07) is 0. The Bertz CT molecular complexity index is 982. The summed E-state index contributed by atoms with van der Waals surface area (Å²) in [5.74, 6) is -1.25. The summed E-state index contributed by atoms with van der Waals surface area (Å²) >= 11 is 0. The number of hydrogen-bond donors (Lipinski definition) is 1. The number of rotatable bonds is 7. The summed E-state index contributed by atoms with van der Waals surface area (Å²) in [4.78, 5) is 0. The molecular formula is C25H36B2O4. The van der Waals surface area contributed by atoms with E-state index in [9.17, 15) is 5.11 Å². The SMILES string of the molecule is C=C/C=c1/c(B2OC(C)(C)C(C)(C)O2)c(/C=C\C)c(C=C)c(BOC(C)(C)O)/c1=C/C. The van der Waals surface area contributed by atoms with E-state index in [1.54, 1.807) is 19.9 Å². The van der Waals surface area contributed by atoms with Crippen molar-refractivity contribution >= 4 is 49.8 Å². The van der Waals surface area contributed by atoms with Crippen LogP contribution in [-0.2, 0) is 14.0 Å². The lowest BCUT2D eigenvalue weighted by molar-refractivity contribution is -0.102. The van der Waals surface area contributed by atoms with Gasteiger partial charge >= 0.3 is 14.6 Å². The van der Waals surface area contributed by atoms with E-state index >= 15 is 0 Å². The van der Waals surface area contributed by atoms with Crippen molar-refractivity contribution in [3.8, 4) is 0 Å². The average molecular weight is 422 g/mol. The third-order valence-corrected chi connectivity index (χ3v) is 5.98. The molecule has 1 aliphatic heterocycles. The van der Waals surface area contributed by atoms with Crippen molar-refractivity contribution < 1.29 is 19.1 Å². The lowest BCUT2D eigenvalue weighted by Gasteiger charge is -2.32. The van der Waals surface area contributed by atoms with Gasteiger partial charge in [-0.1, -0.05) is 49.6 Å². The largest absolute Gasteiger partial charge is 0.496 e. The highest BCUT2D eigenvalue weighted by Gasteiger charge is 2.52. The lowest BCUT2D eigenvalue weighted by Crippen LogP contribution is -2.58. The second-order valence-corrected chi connectivity index (χ2v) is 9.27. The Hall–Kier alpha value is -1.85. The maximum atomic E-state index is 10.2. The van der Waals surface area contributed by atoms with Gasteiger partial charge in [-0.05, 0) is 87.9 Å². The fraction of sp³-hybridized carbons (Fsp3) is 0.440. The molecule has 0 unspecified atom stereocenters. The quantitative estimate of drug-likeness (QED) is 0.541. The standard InChI is InChI=1S/C25H36B2O4/c1-11-15-19-17(13-3)21(26-29-25(9,10)28)18(14-4)20(16-12-2)22(19)27-30-23(5,6)24(7,8)31-27/h11-16,26,28H,1,4H2,2-3,5-10H3/b16-12-,17-13+,19-15+. The molecule has 166 valence electrons. The van der Waals surface area contributed by atoms with Gasteiger partial charge in [-0.2, -0.15) is 0 Å². The molecular weight excluding hydrogens is 386 g/mol. The van der Waals surface area contributed by atoms with Gasteiger partial charge in [0.1, 0.15) is 5.79 Å². The molecule has 0 bridgehead atoms. The van der Waals surface area contributed by atoms with Crippen LogP contribution in [0.1, 0.15) is 66.5 Å². The first-order chi connectivity index (χ1) is 14.3. The Labute approximate surface area is 188 Å². The predicted octanol–water partition coefficient (Wildman–Crippen LogP) is 2.15. The minimum Gasteiger partial charge on any atom is -0.409 e. The third-order valence-electron chi connectivity index (χ3n) is 5.98. The van der Waals surface area contributed by atoms with E-state index in [2.05, 4.69) is 13.2 Å². The first kappa shape index (κ1) is 25.4. The van der Waals surface area contributed by atoms with E-state index in [0.717, 1.165) is 32.5 Å². The first-order valence-electron chi connectivity index (χ1n) is 10.8. The molecule has 1 aromatic carbocycles. The van der Waals surface area contributed by atoms with Gasteiger partial charge in [-0.15, -0.1) is 0 Å². The molecule has 0 aromatic heterocycles. The van der Waals surface area contributed by atoms with Crippen molar-refractivity contribution in [3.63, 3.8) is 0 Å². The molecule has 1 fully saturated rings. The van der Waals surface area contributed by atoms with Crippen LogP contribution in [0, 0.1) is 0 Å². The van der Waals surface area contributed by atoms with E-state index in [1.807, 2.05) is 71.9 Å². The molecule has 1 aliphatic rings. The molecule has 1 heterocycles. The van der Waals surface area contributed by atoms with Crippen LogP contribution < -0.4 is 21.4 Å². The number of benzene rings is 1. The highest BCUT2D eigenvalue weighted by molar-refractivity contribution is 6.63. The van der Waals surface area contributed by atoms with Gasteiger partial charge < -0.3 is 19.1 Å². The Balaban J connectivity index is 2.96. The molecule has 4 nitrogen and oxygen atoms in total. The molecule has 2 rings (SSSR count). The number of aliphatic hydroxyl groups is 1. The van der Waals surface area contributed by atoms with E-state index in [1.165, 1.54) is 0 Å². The predicted molar refractivity (Wildman–Crippen MR) is 135 cm³/mol. The Morgan fingerprint density at radius 2 is 1.61 bits per heavy atom. The van der Waals surface area contributed by atoms with E-state index in [0.29, 0.717) is 0 Å². The van der Waals surface area contributed by atoms with Crippen LogP contribution in [0.25, 0.3) is 24.3 Å². The zero-order valence-electron chi connectivity index (χ0n) is 20.3. The lowest BCUT2D eigenvalue weighted by atomic mass is 9.68. The van der Waals surface area contributed by atoms with Crippen LogP contribution in [0.15, 0.2) is 25.3 Å². The summed E-state index contributed by atoms with van der Waals surface area (Å²) in [6.07, 6.45) is 11.7. The first-order valence-corrected chi connectivity index (χ1v) is 10.8. The number of hydrogen-bond acceptors (Lipinski definition) is 4. The van der Waals surface area contributed by atoms with Gasteiger partial charge in [0, 0.05) is 0 Å². The van der Waals surface area contributed by atoms with Gasteiger partial charge in [0.25, 0.3) is 0 Å². The van der Waals surface area contributed by atoms with Gasteiger partial charge in [-0.3, -0.25) is 0 Å². The molecule has 0 saturated carbocycles. The molecule has 1 aromatic rings. The molecule has 6 heteroatoms. The van der Waals surface area contributed by atoms with Gasteiger partial charge in [-0.25, -0.2) is 0 Å². The maximum Gasteiger partial charge on any atom is 0.496 e. The maximum absolute atomic E-state index is 10.2. The Kier molecular flexibility index (Phi) is 7.65. The zero-order valence-corrected chi connectivity index (χ0v) is 20.3. The molecule has 31 heavy (non-hydrogen) atoms. The topological polar surface area (TPSA) is 47.9 Å². The van der Waals surface area contributed by atoms with E-state index in [-0.39, 0.29) is 7.48 Å². The van der Waals surface area contributed by atoms with Crippen LogP contribution in [0.2, 0.25) is 0 Å². The van der Waals surface area contributed by atoms with Crippen LogP contribution in [0.5, 0.6) is 0 Å². The zero-order chi connectivity index (χ0) is 23.6. The van der Waals surface area contributed by atoms with Crippen molar-refractivity contribution in [2.45, 2.75) is 72.4 Å². The third kappa shape index (κ3) is 5.15. The van der Waals surface area contributed by atoms with Crippen LogP contribution in [-0.4, -0.2) is 36.7 Å². The monoisotopic (exact) mass is 422 g/mol. The molecule has 0 radical (unpaired) electrons. The van der Waals surface area contributed by atoms with Crippen molar-refractivity contribution in [3.05, 3.63) is 46.9 Å². The highest BCUT2D eigenvalue weighted by Crippen LogP contribution is 2.36. The molecule has 0 atom stereocenters. The fourth-order valence-corrected chi connectivity index (χ4v) is 3.73. The molecule has 0 aliphatic carbocycles. The van der Waals surface area contributed by atoms with Gasteiger partial charge in [0.2, 0.25) is 0 Å². The molecule has 0 amide bonds. The van der Waals surface area contributed by atoms with Crippen LogP contribution in [0.4, 0.5) is 0 Å². The van der Waals surface area contributed by atoms with Crippen molar-refractivity contribution in [1.82, 2.24) is 0 Å².